The molecule has 0 radical (unpaired) electrons. The van der Waals surface area contributed by atoms with Gasteiger partial charge < -0.3 is 19.6 Å². The molecule has 4 nitrogen and oxygen atoms in total. The summed E-state index contributed by atoms with van der Waals surface area (Å²) in [6.07, 6.45) is 4.84. The lowest BCUT2D eigenvalue weighted by atomic mass is 9.33. The number of hydrogen-bond acceptors (Lipinski definition) is 4. The minimum atomic E-state index is -0.0981. The molecule has 228 valence electrons. The number of anilines is 8. The first kappa shape index (κ1) is 27.7. The number of rotatable bonds is 4. The molecule has 0 fully saturated rings. The van der Waals surface area contributed by atoms with Crippen LogP contribution in [0.4, 0.5) is 45.5 Å². The lowest BCUT2D eigenvalue weighted by Gasteiger charge is -2.45. The highest BCUT2D eigenvalue weighted by Crippen LogP contribution is 2.51. The lowest BCUT2D eigenvalue weighted by molar-refractivity contribution is 0.467. The smallest absolute Gasteiger partial charge is 0.252 e. The number of para-hydroxylation sites is 2. The molecule has 46 heavy (non-hydrogen) atoms. The van der Waals surface area contributed by atoms with Crippen molar-refractivity contribution in [3.8, 4) is 0 Å². The zero-order chi connectivity index (χ0) is 31.2. The largest absolute Gasteiger partial charge is 0.348 e. The first-order valence-electron chi connectivity index (χ1n) is 17.2. The van der Waals surface area contributed by atoms with Crippen LogP contribution in [0.25, 0.3) is 0 Å². The third-order valence-electron chi connectivity index (χ3n) is 11.2. The Morgan fingerprint density at radius 3 is 1.98 bits per heavy atom. The van der Waals surface area contributed by atoms with Gasteiger partial charge in [-0.3, -0.25) is 0 Å². The summed E-state index contributed by atoms with van der Waals surface area (Å²) in [5.74, 6) is 0. The first-order valence-corrected chi connectivity index (χ1v) is 17.2. The zero-order valence-electron chi connectivity index (χ0n) is 27.4. The molecule has 0 saturated heterocycles. The zero-order valence-corrected chi connectivity index (χ0v) is 27.4. The summed E-state index contributed by atoms with van der Waals surface area (Å²) in [7, 11) is 0. The van der Waals surface area contributed by atoms with E-state index in [4.69, 9.17) is 0 Å². The SMILES string of the molecule is CCN1c2cc3c(cc2N(CC)C1(C)C)N(c1cccc2c1CCCC2)c1cccc2c1B3c1ccccc1N2c1ccccc1. The average molecular weight is 601 g/mol. The number of nitrogens with zero attached hydrogens (tertiary/aromatic N) is 4. The van der Waals surface area contributed by atoms with E-state index in [0.29, 0.717) is 0 Å². The number of fused-ring (bicyclic) bond motifs is 6. The molecular weight excluding hydrogens is 559 g/mol. The number of aryl methyl sites for hydroxylation is 1. The average Bonchev–Trinajstić information content (AvgIpc) is 3.31. The molecule has 5 aromatic carbocycles. The van der Waals surface area contributed by atoms with Gasteiger partial charge in [0.05, 0.1) is 11.4 Å². The fraction of sp³-hybridized carbons (Fsp3) is 0.268. The monoisotopic (exact) mass is 600 g/mol. The van der Waals surface area contributed by atoms with E-state index in [-0.39, 0.29) is 12.4 Å². The normalized spacial score (nSPS) is 16.9. The van der Waals surface area contributed by atoms with Crippen LogP contribution in [0.15, 0.2) is 103 Å². The Morgan fingerprint density at radius 2 is 1.20 bits per heavy atom. The van der Waals surface area contributed by atoms with Gasteiger partial charge in [-0.25, -0.2) is 0 Å². The van der Waals surface area contributed by atoms with Crippen molar-refractivity contribution >= 4 is 68.6 Å². The van der Waals surface area contributed by atoms with Gasteiger partial charge in [-0.15, -0.1) is 0 Å². The molecule has 0 spiro atoms. The third-order valence-corrected chi connectivity index (χ3v) is 11.2. The molecular formula is C41H41BN4. The van der Waals surface area contributed by atoms with Gasteiger partial charge in [-0.05, 0) is 129 Å². The highest BCUT2D eigenvalue weighted by Gasteiger charge is 2.47. The fourth-order valence-electron chi connectivity index (χ4n) is 9.27. The Morgan fingerprint density at radius 1 is 0.565 bits per heavy atom. The van der Waals surface area contributed by atoms with Crippen molar-refractivity contribution in [2.75, 3.05) is 32.7 Å². The van der Waals surface area contributed by atoms with Crippen LogP contribution in [0.2, 0.25) is 0 Å². The van der Waals surface area contributed by atoms with Crippen LogP contribution in [0.1, 0.15) is 51.7 Å². The summed E-state index contributed by atoms with van der Waals surface area (Å²) in [5.41, 5.74) is 17.5. The fourth-order valence-corrected chi connectivity index (χ4v) is 9.27. The predicted octanol–water partition coefficient (Wildman–Crippen LogP) is 8.05. The molecule has 0 atom stereocenters. The summed E-state index contributed by atoms with van der Waals surface area (Å²) in [6.45, 7) is 11.4. The van der Waals surface area contributed by atoms with E-state index in [9.17, 15) is 0 Å². The molecule has 1 aliphatic carbocycles. The number of benzene rings is 5. The summed E-state index contributed by atoms with van der Waals surface area (Å²) in [6, 6.07) is 39.1. The van der Waals surface area contributed by atoms with Gasteiger partial charge in [0, 0.05) is 47.2 Å². The van der Waals surface area contributed by atoms with E-state index in [1.54, 1.807) is 0 Å². The van der Waals surface area contributed by atoms with Crippen molar-refractivity contribution in [2.45, 2.75) is 59.0 Å². The standard InChI is InChI=1S/C41H41BN4/c1-5-43-38-26-32-37(27-39(38)44(6-2)41(43,3)4)46(33-23-14-17-28-16-10-11-20-30(28)33)36-25-15-24-35-40(36)42(32)31-21-12-13-22-34(31)45(35)29-18-8-7-9-19-29/h7-9,12-15,17-19,21-27H,5-6,10-11,16,20H2,1-4H3. The molecule has 3 aliphatic heterocycles. The second kappa shape index (κ2) is 10.2. The minimum absolute atomic E-state index is 0.0981. The van der Waals surface area contributed by atoms with Gasteiger partial charge in [-0.2, -0.15) is 0 Å². The molecule has 0 N–H and O–H groups in total. The second-order valence-electron chi connectivity index (χ2n) is 13.7. The molecule has 0 unspecified atom stereocenters. The van der Waals surface area contributed by atoms with Crippen LogP contribution in [-0.2, 0) is 12.8 Å². The Hall–Kier alpha value is -4.64. The van der Waals surface area contributed by atoms with Crippen LogP contribution in [0.5, 0.6) is 0 Å². The Bertz CT molecular complexity index is 2000. The second-order valence-corrected chi connectivity index (χ2v) is 13.7. The van der Waals surface area contributed by atoms with Crippen LogP contribution in [0, 0.1) is 0 Å². The van der Waals surface area contributed by atoms with E-state index < -0.39 is 0 Å². The summed E-state index contributed by atoms with van der Waals surface area (Å²) < 4.78 is 0. The maximum Gasteiger partial charge on any atom is 0.252 e. The van der Waals surface area contributed by atoms with Crippen molar-refractivity contribution in [2.24, 2.45) is 0 Å². The number of hydrogen-bond donors (Lipinski definition) is 0. The van der Waals surface area contributed by atoms with Gasteiger partial charge in [0.1, 0.15) is 5.66 Å². The molecule has 0 amide bonds. The van der Waals surface area contributed by atoms with E-state index in [0.717, 1.165) is 19.5 Å². The predicted molar refractivity (Wildman–Crippen MR) is 197 cm³/mol. The van der Waals surface area contributed by atoms with E-state index in [1.165, 1.54) is 92.3 Å². The van der Waals surface area contributed by atoms with Crippen LogP contribution in [0.3, 0.4) is 0 Å². The van der Waals surface area contributed by atoms with Gasteiger partial charge in [-0.1, -0.05) is 54.6 Å². The third kappa shape index (κ3) is 3.69. The summed E-state index contributed by atoms with van der Waals surface area (Å²) in [4.78, 5) is 10.3. The van der Waals surface area contributed by atoms with E-state index in [1.807, 2.05) is 0 Å². The molecule has 5 heteroatoms. The van der Waals surface area contributed by atoms with Gasteiger partial charge in [0.25, 0.3) is 6.71 Å². The molecule has 9 rings (SSSR count). The summed E-state index contributed by atoms with van der Waals surface area (Å²) >= 11 is 0. The summed E-state index contributed by atoms with van der Waals surface area (Å²) in [5, 5.41) is 0. The quantitative estimate of drug-likeness (QED) is 0.190. The Kier molecular flexibility index (Phi) is 6.12. The Labute approximate surface area is 274 Å². The van der Waals surface area contributed by atoms with Crippen LogP contribution in [-0.4, -0.2) is 25.5 Å². The van der Waals surface area contributed by atoms with Crippen molar-refractivity contribution in [3.63, 3.8) is 0 Å². The lowest BCUT2D eigenvalue weighted by Crippen LogP contribution is -2.61. The first-order chi connectivity index (χ1) is 22.5. The van der Waals surface area contributed by atoms with Crippen LogP contribution < -0.4 is 36.0 Å². The molecule has 5 aromatic rings. The molecule has 0 bridgehead atoms. The van der Waals surface area contributed by atoms with Gasteiger partial charge in [0.2, 0.25) is 0 Å². The van der Waals surface area contributed by atoms with Gasteiger partial charge in [0.15, 0.2) is 0 Å². The van der Waals surface area contributed by atoms with Crippen molar-refractivity contribution in [1.29, 1.82) is 0 Å². The molecule has 0 saturated carbocycles. The highest BCUT2D eigenvalue weighted by atomic mass is 15.5. The van der Waals surface area contributed by atoms with Crippen molar-refractivity contribution < 1.29 is 0 Å². The topological polar surface area (TPSA) is 13.0 Å². The maximum absolute atomic E-state index is 2.64. The van der Waals surface area contributed by atoms with Crippen LogP contribution >= 0.6 is 0 Å². The Balaban J connectivity index is 1.39. The molecule has 0 aromatic heterocycles. The van der Waals surface area contributed by atoms with Crippen molar-refractivity contribution in [1.82, 2.24) is 0 Å². The van der Waals surface area contributed by atoms with E-state index in [2.05, 4.69) is 150 Å². The molecule has 3 heterocycles. The maximum atomic E-state index is 2.64. The highest BCUT2D eigenvalue weighted by molar-refractivity contribution is 7.00. The van der Waals surface area contributed by atoms with E-state index >= 15 is 0 Å². The minimum Gasteiger partial charge on any atom is -0.348 e. The molecule has 4 aliphatic rings. The van der Waals surface area contributed by atoms with Gasteiger partial charge >= 0.3 is 0 Å². The van der Waals surface area contributed by atoms with Crippen molar-refractivity contribution in [3.05, 3.63) is 114 Å².